The van der Waals surface area contributed by atoms with Crippen LogP contribution in [0.2, 0.25) is 0 Å². The molecule has 0 fully saturated rings. The summed E-state index contributed by atoms with van der Waals surface area (Å²) in [7, 11) is 1.46. The molecule has 0 amide bonds. The van der Waals surface area contributed by atoms with E-state index in [0.717, 1.165) is 18.4 Å². The van der Waals surface area contributed by atoms with Crippen LogP contribution in [0.5, 0.6) is 0 Å². The molecule has 0 aliphatic carbocycles. The van der Waals surface area contributed by atoms with Gasteiger partial charge >= 0.3 is 5.97 Å². The summed E-state index contributed by atoms with van der Waals surface area (Å²) in [5.74, 6) is 0.463. The second-order valence-corrected chi connectivity index (χ2v) is 5.64. The van der Waals surface area contributed by atoms with Crippen molar-refractivity contribution in [2.45, 2.75) is 45.1 Å². The number of methoxy groups -OCH3 is 1. The molecule has 0 N–H and O–H groups in total. The van der Waals surface area contributed by atoms with Crippen molar-refractivity contribution in [3.8, 4) is 0 Å². The van der Waals surface area contributed by atoms with E-state index in [1.165, 1.54) is 37.8 Å². The lowest BCUT2D eigenvalue weighted by atomic mass is 9.84. The summed E-state index contributed by atoms with van der Waals surface area (Å²) < 4.78 is 7.34. The van der Waals surface area contributed by atoms with Crippen molar-refractivity contribution in [1.82, 2.24) is 0 Å². The highest BCUT2D eigenvalue weighted by atomic mass is 16.5. The Balaban J connectivity index is 2.16. The van der Waals surface area contributed by atoms with Gasteiger partial charge in [0.05, 0.1) is 7.11 Å². The number of carbonyl (C=O) groups is 1. The fourth-order valence-corrected chi connectivity index (χ4v) is 3.57. The zero-order valence-corrected chi connectivity index (χ0v) is 11.1. The van der Waals surface area contributed by atoms with E-state index in [4.69, 9.17) is 4.74 Å². The van der Waals surface area contributed by atoms with Crippen LogP contribution in [0.15, 0.2) is 12.1 Å². The lowest BCUT2D eigenvalue weighted by Crippen LogP contribution is -2.54. The Morgan fingerprint density at radius 1 is 1.44 bits per heavy atom. The van der Waals surface area contributed by atoms with Gasteiger partial charge in [-0.1, -0.05) is 6.92 Å². The van der Waals surface area contributed by atoms with Gasteiger partial charge in [0.15, 0.2) is 17.4 Å². The smallest absolute Gasteiger partial charge is 0.344 e. The van der Waals surface area contributed by atoms with Gasteiger partial charge in [0, 0.05) is 31.7 Å². The number of rotatable bonds is 1. The van der Waals surface area contributed by atoms with E-state index in [0.29, 0.717) is 12.0 Å². The highest BCUT2D eigenvalue weighted by Crippen LogP contribution is 2.31. The van der Waals surface area contributed by atoms with Crippen LogP contribution in [0.3, 0.4) is 0 Å². The summed E-state index contributed by atoms with van der Waals surface area (Å²) in [4.78, 5) is 11.9. The molecule has 0 saturated carbocycles. The third-order valence-corrected chi connectivity index (χ3v) is 4.31. The maximum absolute atomic E-state index is 11.9. The first-order valence-electron chi connectivity index (χ1n) is 6.85. The minimum Gasteiger partial charge on any atom is -0.465 e. The molecule has 0 bridgehead atoms. The van der Waals surface area contributed by atoms with Crippen LogP contribution < -0.4 is 4.57 Å². The van der Waals surface area contributed by atoms with Gasteiger partial charge in [-0.15, -0.1) is 0 Å². The van der Waals surface area contributed by atoms with Gasteiger partial charge in [-0.05, 0) is 18.4 Å². The molecule has 3 heterocycles. The number of hydrogen-bond donors (Lipinski definition) is 0. The molecular weight excluding hydrogens is 226 g/mol. The first kappa shape index (κ1) is 11.7. The van der Waals surface area contributed by atoms with Gasteiger partial charge < -0.3 is 4.74 Å². The second kappa shape index (κ2) is 4.38. The Hall–Kier alpha value is -1.38. The maximum Gasteiger partial charge on any atom is 0.344 e. The average molecular weight is 246 g/mol. The largest absolute Gasteiger partial charge is 0.465 e. The van der Waals surface area contributed by atoms with Crippen molar-refractivity contribution in [1.29, 1.82) is 0 Å². The Morgan fingerprint density at radius 2 is 2.28 bits per heavy atom. The zero-order valence-electron chi connectivity index (χ0n) is 11.1. The van der Waals surface area contributed by atoms with Gasteiger partial charge in [-0.3, -0.25) is 0 Å². The lowest BCUT2D eigenvalue weighted by Gasteiger charge is -2.29. The summed E-state index contributed by atoms with van der Waals surface area (Å²) in [6.07, 6.45) is 5.90. The Morgan fingerprint density at radius 3 is 3.06 bits per heavy atom. The Kier molecular flexibility index (Phi) is 2.84. The normalized spacial score (nSPS) is 25.4. The van der Waals surface area contributed by atoms with Gasteiger partial charge in [-0.25, -0.2) is 4.79 Å². The molecule has 2 atom stereocenters. The van der Waals surface area contributed by atoms with E-state index < -0.39 is 0 Å². The summed E-state index contributed by atoms with van der Waals surface area (Å²) in [5, 5.41) is 0. The fourth-order valence-electron chi connectivity index (χ4n) is 3.57. The third-order valence-electron chi connectivity index (χ3n) is 4.31. The highest BCUT2D eigenvalue weighted by Gasteiger charge is 2.39. The molecule has 1 aromatic rings. The van der Waals surface area contributed by atoms with Crippen molar-refractivity contribution in [2.24, 2.45) is 5.92 Å². The minimum absolute atomic E-state index is 0.196. The Bertz CT molecular complexity index is 496. The lowest BCUT2D eigenvalue weighted by molar-refractivity contribution is -0.749. The quantitative estimate of drug-likeness (QED) is 0.562. The molecule has 96 valence electrons. The van der Waals surface area contributed by atoms with Crippen molar-refractivity contribution < 1.29 is 14.1 Å². The molecule has 3 rings (SSSR count). The summed E-state index contributed by atoms with van der Waals surface area (Å²) >= 11 is 0. The molecule has 0 unspecified atom stereocenters. The van der Waals surface area contributed by atoms with E-state index in [2.05, 4.69) is 17.6 Å². The monoisotopic (exact) mass is 246 g/mol. The van der Waals surface area contributed by atoms with E-state index in [1.54, 1.807) is 0 Å². The second-order valence-electron chi connectivity index (χ2n) is 5.64. The number of esters is 1. The number of nitrogens with zero attached hydrogens (tertiary/aromatic N) is 1. The maximum atomic E-state index is 11.9. The topological polar surface area (TPSA) is 30.2 Å². The molecule has 3 heteroatoms. The molecule has 0 spiro atoms. The molecule has 0 aromatic carbocycles. The number of aromatic nitrogens is 1. The van der Waals surface area contributed by atoms with Crippen LogP contribution >= 0.6 is 0 Å². The standard InChI is InChI=1S/C15H20NO2/c1-10-8-12-5-3-4-11-6-7-13(15(17)18-2)14(9-10)16(11)12/h6-7,10,12H,3-5,8-9H2,1-2H3/q+1/t10-,12+/m1/s1. The van der Waals surface area contributed by atoms with Crippen LogP contribution in [-0.4, -0.2) is 13.1 Å². The highest BCUT2D eigenvalue weighted by molar-refractivity contribution is 5.90. The summed E-state index contributed by atoms with van der Waals surface area (Å²) in [6, 6.07) is 4.66. The fraction of sp³-hybridized carbons (Fsp3) is 0.600. The van der Waals surface area contributed by atoms with Crippen LogP contribution in [0, 0.1) is 5.92 Å². The summed E-state index contributed by atoms with van der Waals surface area (Å²) in [5.41, 5.74) is 3.35. The number of pyridine rings is 1. The van der Waals surface area contributed by atoms with Crippen molar-refractivity contribution in [2.75, 3.05) is 7.11 Å². The molecule has 3 nitrogen and oxygen atoms in total. The zero-order chi connectivity index (χ0) is 12.7. The Labute approximate surface area is 108 Å². The summed E-state index contributed by atoms with van der Waals surface area (Å²) in [6.45, 7) is 2.28. The van der Waals surface area contributed by atoms with Gasteiger partial charge in [-0.2, -0.15) is 4.57 Å². The van der Waals surface area contributed by atoms with Crippen molar-refractivity contribution in [3.05, 3.63) is 29.1 Å². The third kappa shape index (κ3) is 1.73. The first-order chi connectivity index (χ1) is 8.70. The molecule has 0 saturated heterocycles. The number of ether oxygens (including phenoxy) is 1. The molecule has 1 aromatic heterocycles. The van der Waals surface area contributed by atoms with E-state index in [9.17, 15) is 4.79 Å². The molecule has 18 heavy (non-hydrogen) atoms. The minimum atomic E-state index is -0.196. The molecule has 2 aliphatic rings. The van der Waals surface area contributed by atoms with Crippen molar-refractivity contribution >= 4 is 5.97 Å². The van der Waals surface area contributed by atoms with Gasteiger partial charge in [0.25, 0.3) is 0 Å². The van der Waals surface area contributed by atoms with Crippen LogP contribution in [0.4, 0.5) is 0 Å². The predicted octanol–water partition coefficient (Wildman–Crippen LogP) is 2.22. The van der Waals surface area contributed by atoms with Gasteiger partial charge in [0.2, 0.25) is 0 Å². The van der Waals surface area contributed by atoms with Crippen LogP contribution in [0.25, 0.3) is 0 Å². The van der Waals surface area contributed by atoms with E-state index in [1.807, 2.05) is 6.07 Å². The molecular formula is C15H20NO2+. The van der Waals surface area contributed by atoms with Crippen molar-refractivity contribution in [3.63, 3.8) is 0 Å². The SMILES string of the molecule is COC(=O)c1ccc2[n+]3c1C[C@H](C)C[C@@H]3CCC2. The van der Waals surface area contributed by atoms with E-state index >= 15 is 0 Å². The number of hydrogen-bond acceptors (Lipinski definition) is 2. The van der Waals surface area contributed by atoms with E-state index in [-0.39, 0.29) is 5.97 Å². The molecule has 0 radical (unpaired) electrons. The number of aryl methyl sites for hydroxylation is 1. The molecule has 2 aliphatic heterocycles. The van der Waals surface area contributed by atoms with Crippen LogP contribution in [-0.2, 0) is 17.6 Å². The first-order valence-corrected chi connectivity index (χ1v) is 6.85. The number of carbonyl (C=O) groups excluding carboxylic acids is 1. The van der Waals surface area contributed by atoms with Crippen LogP contribution in [0.1, 0.15) is 54.0 Å². The average Bonchev–Trinajstić information content (AvgIpc) is 2.38. The van der Waals surface area contributed by atoms with Gasteiger partial charge in [0.1, 0.15) is 5.56 Å². The predicted molar refractivity (Wildman–Crippen MR) is 67.4 cm³/mol.